The Morgan fingerprint density at radius 3 is 2.71 bits per heavy atom. The maximum Gasteiger partial charge on any atom is 0.267 e. The average Bonchev–Trinajstić information content (AvgIpc) is 2.08. The van der Waals surface area contributed by atoms with E-state index in [1.807, 2.05) is 0 Å². The Morgan fingerprint density at radius 2 is 2.14 bits per heavy atom. The summed E-state index contributed by atoms with van der Waals surface area (Å²) < 4.78 is 0.825. The Balaban J connectivity index is 2.94. The molecule has 0 unspecified atom stereocenters. The molecule has 0 aliphatic rings. The van der Waals surface area contributed by atoms with Crippen molar-refractivity contribution in [3.63, 3.8) is 0 Å². The van der Waals surface area contributed by atoms with E-state index in [4.69, 9.17) is 11.6 Å². The van der Waals surface area contributed by atoms with Crippen molar-refractivity contribution < 1.29 is 4.79 Å². The first-order valence-corrected chi connectivity index (χ1v) is 5.11. The third-order valence-corrected chi connectivity index (χ3v) is 2.32. The number of halogens is 2. The second-order valence-corrected chi connectivity index (χ2v) is 4.28. The van der Waals surface area contributed by atoms with Crippen LogP contribution in [0.3, 0.4) is 0 Å². The van der Waals surface area contributed by atoms with E-state index in [-0.39, 0.29) is 5.91 Å². The van der Waals surface area contributed by atoms with E-state index in [0.29, 0.717) is 10.6 Å². The SMILES string of the molecule is CN(C)NC(=O)c1cc(Br)ccc1Cl. The van der Waals surface area contributed by atoms with Crippen LogP contribution >= 0.6 is 27.5 Å². The lowest BCUT2D eigenvalue weighted by atomic mass is 10.2. The van der Waals surface area contributed by atoms with Gasteiger partial charge in [-0.15, -0.1) is 0 Å². The van der Waals surface area contributed by atoms with Gasteiger partial charge in [-0.05, 0) is 18.2 Å². The number of rotatable bonds is 2. The van der Waals surface area contributed by atoms with Crippen LogP contribution in [0.15, 0.2) is 22.7 Å². The maximum absolute atomic E-state index is 11.6. The van der Waals surface area contributed by atoms with E-state index in [2.05, 4.69) is 21.4 Å². The number of hydrogen-bond acceptors (Lipinski definition) is 2. The number of hydrogen-bond donors (Lipinski definition) is 1. The van der Waals surface area contributed by atoms with Crippen molar-refractivity contribution >= 4 is 33.4 Å². The molecule has 1 rings (SSSR count). The molecule has 1 N–H and O–H groups in total. The van der Waals surface area contributed by atoms with Crippen molar-refractivity contribution in [3.8, 4) is 0 Å². The molecule has 3 nitrogen and oxygen atoms in total. The summed E-state index contributed by atoms with van der Waals surface area (Å²) in [4.78, 5) is 11.6. The molecule has 0 atom stereocenters. The average molecular weight is 278 g/mol. The van der Waals surface area contributed by atoms with E-state index in [9.17, 15) is 4.79 Å². The normalized spacial score (nSPS) is 10.4. The lowest BCUT2D eigenvalue weighted by Gasteiger charge is -2.12. The summed E-state index contributed by atoms with van der Waals surface area (Å²) in [5.41, 5.74) is 3.07. The van der Waals surface area contributed by atoms with Crippen LogP contribution in [0.5, 0.6) is 0 Å². The summed E-state index contributed by atoms with van der Waals surface area (Å²) >= 11 is 9.15. The predicted molar refractivity (Wildman–Crippen MR) is 60.3 cm³/mol. The van der Waals surface area contributed by atoms with Gasteiger partial charge in [0.1, 0.15) is 0 Å². The van der Waals surface area contributed by atoms with Gasteiger partial charge in [0.25, 0.3) is 5.91 Å². The fourth-order valence-electron chi connectivity index (χ4n) is 0.935. The molecule has 0 bridgehead atoms. The van der Waals surface area contributed by atoms with Gasteiger partial charge in [-0.25, -0.2) is 5.01 Å². The minimum absolute atomic E-state index is 0.221. The molecule has 1 amide bonds. The van der Waals surface area contributed by atoms with E-state index < -0.39 is 0 Å². The first kappa shape index (κ1) is 11.5. The van der Waals surface area contributed by atoms with Gasteiger partial charge in [0.2, 0.25) is 0 Å². The molecule has 0 radical (unpaired) electrons. The predicted octanol–water partition coefficient (Wildman–Crippen LogP) is 2.31. The molecule has 5 heteroatoms. The van der Waals surface area contributed by atoms with Crippen LogP contribution in [0.2, 0.25) is 5.02 Å². The molecule has 0 fully saturated rings. The number of benzene rings is 1. The van der Waals surface area contributed by atoms with Crippen LogP contribution < -0.4 is 5.43 Å². The summed E-state index contributed by atoms with van der Waals surface area (Å²) in [6.07, 6.45) is 0. The monoisotopic (exact) mass is 276 g/mol. The Hall–Kier alpha value is -0.580. The van der Waals surface area contributed by atoms with Gasteiger partial charge in [-0.1, -0.05) is 27.5 Å². The summed E-state index contributed by atoms with van der Waals surface area (Å²) in [7, 11) is 3.48. The lowest BCUT2D eigenvalue weighted by Crippen LogP contribution is -2.36. The minimum Gasteiger partial charge on any atom is -0.285 e. The van der Waals surface area contributed by atoms with E-state index >= 15 is 0 Å². The fourth-order valence-corrected chi connectivity index (χ4v) is 1.50. The third-order valence-electron chi connectivity index (χ3n) is 1.50. The molecule has 0 heterocycles. The molecule has 0 aliphatic heterocycles. The second kappa shape index (κ2) is 4.77. The quantitative estimate of drug-likeness (QED) is 0.842. The fraction of sp³-hybridized carbons (Fsp3) is 0.222. The summed E-state index contributed by atoms with van der Waals surface area (Å²) in [5.74, 6) is -0.221. The molecule has 0 spiro atoms. The first-order chi connectivity index (χ1) is 6.50. The van der Waals surface area contributed by atoms with Crippen LogP contribution in [0.1, 0.15) is 10.4 Å². The summed E-state index contributed by atoms with van der Waals surface area (Å²) in [5, 5.41) is 2.01. The minimum atomic E-state index is -0.221. The first-order valence-electron chi connectivity index (χ1n) is 3.94. The topological polar surface area (TPSA) is 32.3 Å². The number of amides is 1. The van der Waals surface area contributed by atoms with Gasteiger partial charge < -0.3 is 0 Å². The van der Waals surface area contributed by atoms with Crippen molar-refractivity contribution in [1.29, 1.82) is 0 Å². The zero-order chi connectivity index (χ0) is 10.7. The largest absolute Gasteiger partial charge is 0.285 e. The highest BCUT2D eigenvalue weighted by Gasteiger charge is 2.10. The molecule has 1 aromatic carbocycles. The zero-order valence-corrected chi connectivity index (χ0v) is 10.2. The Labute approximate surface area is 96.1 Å². The molecule has 0 aliphatic carbocycles. The third kappa shape index (κ3) is 2.97. The van der Waals surface area contributed by atoms with Crippen molar-refractivity contribution in [2.45, 2.75) is 0 Å². The molecule has 14 heavy (non-hydrogen) atoms. The Morgan fingerprint density at radius 1 is 1.50 bits per heavy atom. The van der Waals surface area contributed by atoms with Gasteiger partial charge >= 0.3 is 0 Å². The zero-order valence-electron chi connectivity index (χ0n) is 7.84. The van der Waals surface area contributed by atoms with E-state index in [1.165, 1.54) is 0 Å². The van der Waals surface area contributed by atoms with Crippen molar-refractivity contribution in [2.75, 3.05) is 14.1 Å². The molecular formula is C9H10BrClN2O. The molecule has 76 valence electrons. The Bertz CT molecular complexity index is 355. The van der Waals surface area contributed by atoms with Gasteiger partial charge in [0.05, 0.1) is 10.6 Å². The Kier molecular flexibility index (Phi) is 3.92. The summed E-state index contributed by atoms with van der Waals surface area (Å²) in [6, 6.07) is 5.14. The van der Waals surface area contributed by atoms with Crippen LogP contribution in [0.25, 0.3) is 0 Å². The van der Waals surface area contributed by atoms with Crippen molar-refractivity contribution in [2.24, 2.45) is 0 Å². The molecular weight excluding hydrogens is 267 g/mol. The lowest BCUT2D eigenvalue weighted by molar-refractivity contribution is 0.0857. The maximum atomic E-state index is 11.6. The number of nitrogens with one attached hydrogen (secondary N) is 1. The number of hydrazine groups is 1. The number of carbonyl (C=O) groups is 1. The number of carbonyl (C=O) groups excluding carboxylic acids is 1. The highest BCUT2D eigenvalue weighted by atomic mass is 79.9. The highest BCUT2D eigenvalue weighted by Crippen LogP contribution is 2.20. The second-order valence-electron chi connectivity index (χ2n) is 2.96. The highest BCUT2D eigenvalue weighted by molar-refractivity contribution is 9.10. The van der Waals surface area contributed by atoms with Gasteiger partial charge in [-0.2, -0.15) is 0 Å². The van der Waals surface area contributed by atoms with Crippen LogP contribution in [-0.4, -0.2) is 25.0 Å². The van der Waals surface area contributed by atoms with Crippen molar-refractivity contribution in [3.05, 3.63) is 33.3 Å². The van der Waals surface area contributed by atoms with Gasteiger partial charge in [0.15, 0.2) is 0 Å². The molecule has 1 aromatic rings. The smallest absolute Gasteiger partial charge is 0.267 e. The number of nitrogens with zero attached hydrogens (tertiary/aromatic N) is 1. The van der Waals surface area contributed by atoms with E-state index in [0.717, 1.165) is 4.47 Å². The van der Waals surface area contributed by atoms with Gasteiger partial charge in [-0.3, -0.25) is 10.2 Å². The summed E-state index contributed by atoms with van der Waals surface area (Å²) in [6.45, 7) is 0. The van der Waals surface area contributed by atoms with Crippen LogP contribution in [0, 0.1) is 0 Å². The van der Waals surface area contributed by atoms with E-state index in [1.54, 1.807) is 37.3 Å². The van der Waals surface area contributed by atoms with Crippen LogP contribution in [0.4, 0.5) is 0 Å². The molecule has 0 saturated carbocycles. The van der Waals surface area contributed by atoms with Crippen LogP contribution in [-0.2, 0) is 0 Å². The standard InChI is InChI=1S/C9H10BrClN2O/c1-13(2)12-9(14)7-5-6(10)3-4-8(7)11/h3-5H,1-2H3,(H,12,14). The van der Waals surface area contributed by atoms with Crippen molar-refractivity contribution in [1.82, 2.24) is 10.4 Å². The van der Waals surface area contributed by atoms with Gasteiger partial charge in [0, 0.05) is 18.6 Å². The molecule has 0 saturated heterocycles. The molecule has 0 aromatic heterocycles.